The first-order valence-electron chi connectivity index (χ1n) is 20.8. The number of aryl methyl sites for hydroxylation is 2. The van der Waals surface area contributed by atoms with Gasteiger partial charge in [-0.1, -0.05) is 158 Å². The van der Waals surface area contributed by atoms with Crippen LogP contribution in [0.15, 0.2) is 225 Å². The monoisotopic (exact) mass is 781 g/mol. The quantitative estimate of drug-likeness (QED) is 0.146. The summed E-state index contributed by atoms with van der Waals surface area (Å²) in [6, 6.07) is 76.0. The van der Waals surface area contributed by atoms with E-state index in [-0.39, 0.29) is 0 Å². The molecule has 0 fully saturated rings. The molecule has 0 unspecified atom stereocenters. The first kappa shape index (κ1) is 37.4. The molecule has 0 atom stereocenters. The fourth-order valence-corrected chi connectivity index (χ4v) is 8.42. The molecule has 0 saturated heterocycles. The molecule has 0 spiro atoms. The van der Waals surface area contributed by atoms with Crippen molar-refractivity contribution in [2.75, 3.05) is 4.90 Å². The number of pyridine rings is 2. The van der Waals surface area contributed by atoms with Gasteiger partial charge in [-0.15, -0.1) is 0 Å². The van der Waals surface area contributed by atoms with E-state index in [0.717, 1.165) is 78.3 Å². The molecule has 10 aromatic rings. The Morgan fingerprint density at radius 1 is 0.328 bits per heavy atom. The number of benzene rings is 8. The van der Waals surface area contributed by atoms with Gasteiger partial charge in [-0.05, 0) is 129 Å². The van der Waals surface area contributed by atoms with Gasteiger partial charge in [-0.25, -0.2) is 0 Å². The van der Waals surface area contributed by atoms with Gasteiger partial charge >= 0.3 is 0 Å². The molecule has 290 valence electrons. The second-order valence-corrected chi connectivity index (χ2v) is 15.6. The largest absolute Gasteiger partial charge is 0.310 e. The van der Waals surface area contributed by atoms with Gasteiger partial charge in [-0.2, -0.15) is 0 Å². The van der Waals surface area contributed by atoms with E-state index in [0.29, 0.717) is 0 Å². The predicted molar refractivity (Wildman–Crippen MR) is 256 cm³/mol. The molecule has 0 saturated carbocycles. The van der Waals surface area contributed by atoms with Crippen molar-refractivity contribution in [2.45, 2.75) is 13.8 Å². The summed E-state index contributed by atoms with van der Waals surface area (Å²) in [6.07, 6.45) is 4.01. The zero-order valence-corrected chi connectivity index (χ0v) is 34.2. The Morgan fingerprint density at radius 2 is 0.721 bits per heavy atom. The molecule has 0 amide bonds. The lowest BCUT2D eigenvalue weighted by atomic mass is 9.95. The third kappa shape index (κ3) is 7.62. The second-order valence-electron chi connectivity index (χ2n) is 15.6. The highest BCUT2D eigenvalue weighted by Crippen LogP contribution is 2.45. The lowest BCUT2D eigenvalue weighted by Crippen LogP contribution is -2.11. The van der Waals surface area contributed by atoms with Crippen molar-refractivity contribution in [3.63, 3.8) is 0 Å². The van der Waals surface area contributed by atoms with Crippen LogP contribution in [-0.4, -0.2) is 9.97 Å². The molecule has 3 nitrogen and oxygen atoms in total. The van der Waals surface area contributed by atoms with E-state index in [1.54, 1.807) is 0 Å². The van der Waals surface area contributed by atoms with Crippen molar-refractivity contribution in [1.82, 2.24) is 9.97 Å². The number of rotatable bonds is 9. The Kier molecular flexibility index (Phi) is 10.1. The normalized spacial score (nSPS) is 11.1. The molecule has 0 bridgehead atoms. The average Bonchev–Trinajstić information content (AvgIpc) is 3.33. The maximum Gasteiger partial charge on any atom is 0.0709 e. The van der Waals surface area contributed by atoms with E-state index in [1.807, 2.05) is 12.4 Å². The fourth-order valence-electron chi connectivity index (χ4n) is 8.42. The fraction of sp³-hybridized carbons (Fsp3) is 0.0345. The minimum atomic E-state index is 0.914. The van der Waals surface area contributed by atoms with Crippen LogP contribution in [0.2, 0.25) is 0 Å². The summed E-state index contributed by atoms with van der Waals surface area (Å²) >= 11 is 0. The summed E-state index contributed by atoms with van der Waals surface area (Å²) in [5.41, 5.74) is 18.5. The van der Waals surface area contributed by atoms with Crippen molar-refractivity contribution in [2.24, 2.45) is 0 Å². The Balaban J connectivity index is 1.25. The summed E-state index contributed by atoms with van der Waals surface area (Å²) in [4.78, 5) is 12.6. The van der Waals surface area contributed by atoms with Crippen molar-refractivity contribution in [3.8, 4) is 67.0 Å². The second kappa shape index (κ2) is 16.4. The van der Waals surface area contributed by atoms with Crippen LogP contribution in [0.1, 0.15) is 11.1 Å². The zero-order valence-electron chi connectivity index (χ0n) is 34.2. The highest BCUT2D eigenvalue weighted by atomic mass is 15.1. The van der Waals surface area contributed by atoms with Crippen LogP contribution >= 0.6 is 0 Å². The van der Waals surface area contributed by atoms with Gasteiger partial charge in [0.25, 0.3) is 0 Å². The molecule has 2 aromatic heterocycles. The third-order valence-electron chi connectivity index (χ3n) is 11.5. The Hall–Kier alpha value is -7.88. The van der Waals surface area contributed by atoms with Crippen LogP contribution in [0.5, 0.6) is 0 Å². The molecule has 2 heterocycles. The molecule has 10 rings (SSSR count). The summed E-state index contributed by atoms with van der Waals surface area (Å²) in [5, 5.41) is 2.33. The minimum Gasteiger partial charge on any atom is -0.310 e. The summed E-state index contributed by atoms with van der Waals surface area (Å²) in [7, 11) is 0. The smallest absolute Gasteiger partial charge is 0.0709 e. The van der Waals surface area contributed by atoms with Gasteiger partial charge < -0.3 is 4.90 Å². The highest BCUT2D eigenvalue weighted by Gasteiger charge is 2.21. The minimum absolute atomic E-state index is 0.914. The van der Waals surface area contributed by atoms with E-state index in [1.165, 1.54) is 27.6 Å². The highest BCUT2D eigenvalue weighted by molar-refractivity contribution is 6.00. The summed E-state index contributed by atoms with van der Waals surface area (Å²) in [6.45, 7) is 4.27. The van der Waals surface area contributed by atoms with Crippen LogP contribution in [0.3, 0.4) is 0 Å². The van der Waals surface area contributed by atoms with Gasteiger partial charge in [0.05, 0.1) is 17.1 Å². The Morgan fingerprint density at radius 3 is 1.20 bits per heavy atom. The standard InChI is InChI=1S/C58H43N3/c1-40-38-59-56(36-54(40)45-22-11-5-12-23-45)49-30-47(42-18-7-3-8-19-42)32-51(34-49)61(58-29-17-27-44-26-15-16-28-53(44)58)52-33-48(43-20-9-4-10-21-43)31-50(35-52)57-37-55(41(2)39-60-57)46-24-13-6-14-25-46/h3-39H,1-2H3. The van der Waals surface area contributed by atoms with Crippen molar-refractivity contribution in [3.05, 3.63) is 236 Å². The lowest BCUT2D eigenvalue weighted by molar-refractivity contribution is 1.25. The van der Waals surface area contributed by atoms with Gasteiger partial charge in [-0.3, -0.25) is 9.97 Å². The molecule has 0 radical (unpaired) electrons. The van der Waals surface area contributed by atoms with E-state index in [9.17, 15) is 0 Å². The number of anilines is 3. The molecule has 0 N–H and O–H groups in total. The van der Waals surface area contributed by atoms with Gasteiger partial charge in [0, 0.05) is 40.3 Å². The summed E-state index contributed by atoms with van der Waals surface area (Å²) in [5.74, 6) is 0. The van der Waals surface area contributed by atoms with E-state index >= 15 is 0 Å². The molecule has 0 aliphatic heterocycles. The van der Waals surface area contributed by atoms with Crippen LogP contribution < -0.4 is 4.90 Å². The Bertz CT molecular complexity index is 2960. The SMILES string of the molecule is Cc1cnc(-c2cc(-c3ccccc3)cc(N(c3cc(-c4ccccc4)cc(-c4cc(-c5ccccc5)c(C)cn4)c3)c3cccc4ccccc34)c2)cc1-c1ccccc1. The van der Waals surface area contributed by atoms with Gasteiger partial charge in [0.15, 0.2) is 0 Å². The first-order chi connectivity index (χ1) is 30.1. The van der Waals surface area contributed by atoms with E-state index < -0.39 is 0 Å². The summed E-state index contributed by atoms with van der Waals surface area (Å²) < 4.78 is 0. The van der Waals surface area contributed by atoms with Crippen molar-refractivity contribution in [1.29, 1.82) is 0 Å². The molecule has 0 aliphatic carbocycles. The molecule has 0 aliphatic rings. The number of nitrogens with zero attached hydrogens (tertiary/aromatic N) is 3. The number of hydrogen-bond donors (Lipinski definition) is 0. The third-order valence-corrected chi connectivity index (χ3v) is 11.5. The van der Waals surface area contributed by atoms with Gasteiger partial charge in [0.1, 0.15) is 0 Å². The molecular formula is C58H43N3. The van der Waals surface area contributed by atoms with Crippen LogP contribution in [0, 0.1) is 13.8 Å². The van der Waals surface area contributed by atoms with Crippen LogP contribution in [0.25, 0.3) is 77.8 Å². The molecule has 61 heavy (non-hydrogen) atoms. The molecule has 8 aromatic carbocycles. The topological polar surface area (TPSA) is 29.0 Å². The number of hydrogen-bond acceptors (Lipinski definition) is 3. The maximum absolute atomic E-state index is 5.09. The maximum atomic E-state index is 5.09. The van der Waals surface area contributed by atoms with Crippen molar-refractivity contribution >= 4 is 27.8 Å². The Labute approximate surface area is 357 Å². The predicted octanol–water partition coefficient (Wildman–Crippen LogP) is 15.7. The van der Waals surface area contributed by atoms with Crippen LogP contribution in [0.4, 0.5) is 17.1 Å². The first-order valence-corrected chi connectivity index (χ1v) is 20.8. The van der Waals surface area contributed by atoms with Gasteiger partial charge in [0.2, 0.25) is 0 Å². The number of aromatic nitrogens is 2. The van der Waals surface area contributed by atoms with Crippen LogP contribution in [-0.2, 0) is 0 Å². The van der Waals surface area contributed by atoms with Crippen molar-refractivity contribution < 1.29 is 0 Å². The number of fused-ring (bicyclic) bond motifs is 1. The van der Waals surface area contributed by atoms with E-state index in [4.69, 9.17) is 9.97 Å². The lowest BCUT2D eigenvalue weighted by Gasteiger charge is -2.29. The zero-order chi connectivity index (χ0) is 41.1. The average molecular weight is 782 g/mol. The van der Waals surface area contributed by atoms with E-state index in [2.05, 4.69) is 231 Å². The molecular weight excluding hydrogens is 739 g/mol. The molecule has 3 heteroatoms.